The fourth-order valence-corrected chi connectivity index (χ4v) is 3.11. The topological polar surface area (TPSA) is 71.1 Å². The van der Waals surface area contributed by atoms with Crippen molar-refractivity contribution in [1.29, 1.82) is 0 Å². The first-order chi connectivity index (χ1) is 15.0. The minimum atomic E-state index is -0.724. The first-order valence-corrected chi connectivity index (χ1v) is 10.7. The molecule has 164 valence electrons. The van der Waals surface area contributed by atoms with Crippen LogP contribution in [0.1, 0.15) is 38.7 Å². The molecule has 0 saturated heterocycles. The molecule has 0 radical (unpaired) electrons. The third-order valence-electron chi connectivity index (χ3n) is 4.01. The van der Waals surface area contributed by atoms with Crippen LogP contribution < -0.4 is 0 Å². The summed E-state index contributed by atoms with van der Waals surface area (Å²) in [7, 11) is 0. The van der Waals surface area contributed by atoms with Crippen LogP contribution in [0.5, 0.6) is 0 Å². The summed E-state index contributed by atoms with van der Waals surface area (Å²) in [4.78, 5) is 22.4. The van der Waals surface area contributed by atoms with Gasteiger partial charge < -0.3 is 18.9 Å². The van der Waals surface area contributed by atoms with Gasteiger partial charge in [-0.2, -0.15) is 0 Å². The lowest BCUT2D eigenvalue weighted by molar-refractivity contribution is -0.194. The van der Waals surface area contributed by atoms with E-state index in [-0.39, 0.29) is 13.2 Å². The van der Waals surface area contributed by atoms with Crippen molar-refractivity contribution in [3.63, 3.8) is 0 Å². The summed E-state index contributed by atoms with van der Waals surface area (Å²) in [6.07, 6.45) is 1.97. The van der Waals surface area contributed by atoms with Crippen LogP contribution in [0.25, 0.3) is 0 Å². The van der Waals surface area contributed by atoms with Crippen LogP contribution in [-0.4, -0.2) is 43.7 Å². The highest BCUT2D eigenvalue weighted by atomic mass is 79.9. The summed E-state index contributed by atoms with van der Waals surface area (Å²) in [6.45, 7) is 2.71. The van der Waals surface area contributed by atoms with Crippen molar-refractivity contribution in [2.45, 2.75) is 51.6 Å². The number of carbonyl (C=O) groups is 2. The maximum Gasteiger partial charge on any atom is 0.303 e. The highest BCUT2D eigenvalue weighted by Gasteiger charge is 2.34. The number of ether oxygens (including phenoxy) is 4. The predicted octanol–water partition coefficient (Wildman–Crippen LogP) is 3.73. The molecular weight excluding hydrogens is 464 g/mol. The van der Waals surface area contributed by atoms with Crippen molar-refractivity contribution >= 4 is 27.9 Å². The Kier molecular flexibility index (Phi) is 10.9. The van der Waals surface area contributed by atoms with E-state index in [1.807, 2.05) is 30.3 Å². The summed E-state index contributed by atoms with van der Waals surface area (Å²) in [5.74, 6) is 11.3. The maximum absolute atomic E-state index is 11.3. The molecule has 3 atom stereocenters. The van der Waals surface area contributed by atoms with Gasteiger partial charge in [0.1, 0.15) is 19.3 Å². The molecule has 0 fully saturated rings. The summed E-state index contributed by atoms with van der Waals surface area (Å²) >= 11 is 3.37. The first kappa shape index (κ1) is 24.7. The van der Waals surface area contributed by atoms with Crippen molar-refractivity contribution in [2.24, 2.45) is 0 Å². The standard InChI is InChI=1S/C24H25BrO6/c1-18(26)29-17-23-22(30-19(2)27)16-21(25)24(31-23)28-15-11-6-4-3-5-8-12-20-13-9-7-10-14-20/h7,9-10,13-14,16,22-24H,3-5,15,17H2,1-2H3/t22-,23+,24-/m0/s1. The molecule has 1 aromatic rings. The van der Waals surface area contributed by atoms with Crippen molar-refractivity contribution < 1.29 is 28.5 Å². The molecule has 0 unspecified atom stereocenters. The molecule has 0 aromatic heterocycles. The number of esters is 2. The van der Waals surface area contributed by atoms with Crippen LogP contribution in [0.15, 0.2) is 40.9 Å². The van der Waals surface area contributed by atoms with Crippen molar-refractivity contribution in [3.05, 3.63) is 46.5 Å². The van der Waals surface area contributed by atoms with E-state index in [9.17, 15) is 9.59 Å². The van der Waals surface area contributed by atoms with Gasteiger partial charge in [0.15, 0.2) is 12.4 Å². The summed E-state index contributed by atoms with van der Waals surface area (Å²) in [5.41, 5.74) is 1.01. The van der Waals surface area contributed by atoms with Crippen molar-refractivity contribution in [1.82, 2.24) is 0 Å². The van der Waals surface area contributed by atoms with Crippen molar-refractivity contribution in [3.8, 4) is 23.7 Å². The lowest BCUT2D eigenvalue weighted by atomic mass is 10.1. The molecule has 2 rings (SSSR count). The molecule has 6 nitrogen and oxygen atoms in total. The Labute approximate surface area is 191 Å². The van der Waals surface area contributed by atoms with Gasteiger partial charge in [-0.15, -0.1) is 5.92 Å². The fraction of sp³-hybridized carbons (Fsp3) is 0.417. The third-order valence-corrected chi connectivity index (χ3v) is 4.65. The minimum absolute atomic E-state index is 0.0559. The molecule has 0 amide bonds. The van der Waals surface area contributed by atoms with Gasteiger partial charge in [0.25, 0.3) is 0 Å². The van der Waals surface area contributed by atoms with Crippen molar-refractivity contribution in [2.75, 3.05) is 13.2 Å². The molecule has 1 aromatic carbocycles. The Morgan fingerprint density at radius 3 is 2.52 bits per heavy atom. The zero-order chi connectivity index (χ0) is 22.5. The number of carbonyl (C=O) groups excluding carboxylic acids is 2. The number of benzene rings is 1. The van der Waals surface area contributed by atoms with Crippen LogP contribution in [0.4, 0.5) is 0 Å². The van der Waals surface area contributed by atoms with Crippen LogP contribution in [0.2, 0.25) is 0 Å². The number of halogens is 1. The fourth-order valence-electron chi connectivity index (χ4n) is 2.61. The molecule has 7 heteroatoms. The van der Waals surface area contributed by atoms with E-state index in [4.69, 9.17) is 18.9 Å². The number of hydrogen-bond acceptors (Lipinski definition) is 6. The summed E-state index contributed by atoms with van der Waals surface area (Å²) in [5, 5.41) is 0. The SMILES string of the molecule is CC(=O)OC[C@H]1O[C@H](OCC#CCCCC#Cc2ccccc2)C(Br)=C[C@@H]1OC(C)=O. The van der Waals surface area contributed by atoms with Gasteiger partial charge in [0.05, 0.1) is 4.48 Å². The van der Waals surface area contributed by atoms with E-state index in [1.165, 1.54) is 13.8 Å². The smallest absolute Gasteiger partial charge is 0.303 e. The lowest BCUT2D eigenvalue weighted by Crippen LogP contribution is -2.43. The normalized spacial score (nSPS) is 19.7. The van der Waals surface area contributed by atoms with Gasteiger partial charge in [-0.1, -0.05) is 51.9 Å². The molecule has 1 heterocycles. The molecule has 0 N–H and O–H groups in total. The van der Waals surface area contributed by atoms with E-state index >= 15 is 0 Å². The van der Waals surface area contributed by atoms with E-state index in [0.29, 0.717) is 4.48 Å². The van der Waals surface area contributed by atoms with Crippen LogP contribution in [0.3, 0.4) is 0 Å². The van der Waals surface area contributed by atoms with Gasteiger partial charge in [0.2, 0.25) is 0 Å². The Morgan fingerprint density at radius 1 is 1.06 bits per heavy atom. The van der Waals surface area contributed by atoms with Crippen LogP contribution in [0, 0.1) is 23.7 Å². The van der Waals surface area contributed by atoms with Gasteiger partial charge in [-0.3, -0.25) is 9.59 Å². The molecular formula is C24H25BrO6. The molecule has 0 saturated carbocycles. The average molecular weight is 489 g/mol. The molecule has 0 spiro atoms. The molecule has 31 heavy (non-hydrogen) atoms. The van der Waals surface area contributed by atoms with E-state index in [2.05, 4.69) is 39.6 Å². The Balaban J connectivity index is 1.76. The second-order valence-corrected chi connectivity index (χ2v) is 7.54. The largest absolute Gasteiger partial charge is 0.463 e. The molecule has 1 aliphatic rings. The molecule has 1 aliphatic heterocycles. The Hall–Kier alpha value is -2.58. The Morgan fingerprint density at radius 2 is 1.81 bits per heavy atom. The summed E-state index contributed by atoms with van der Waals surface area (Å²) < 4.78 is 22.2. The quantitative estimate of drug-likeness (QED) is 0.330. The van der Waals surface area contributed by atoms with Crippen LogP contribution in [-0.2, 0) is 28.5 Å². The molecule has 0 bridgehead atoms. The zero-order valence-corrected chi connectivity index (χ0v) is 19.1. The number of rotatable bonds is 7. The zero-order valence-electron chi connectivity index (χ0n) is 17.6. The minimum Gasteiger partial charge on any atom is -0.463 e. The van der Waals surface area contributed by atoms with Crippen LogP contribution >= 0.6 is 15.9 Å². The number of hydrogen-bond donors (Lipinski definition) is 0. The average Bonchev–Trinajstić information content (AvgIpc) is 2.73. The second kappa shape index (κ2) is 13.7. The first-order valence-electron chi connectivity index (χ1n) is 9.90. The number of unbranched alkanes of at least 4 members (excludes halogenated alkanes) is 2. The Bertz CT molecular complexity index is 887. The monoisotopic (exact) mass is 488 g/mol. The van der Waals surface area contributed by atoms with Gasteiger partial charge in [-0.25, -0.2) is 0 Å². The van der Waals surface area contributed by atoms with Gasteiger partial charge in [0, 0.05) is 32.3 Å². The highest BCUT2D eigenvalue weighted by molar-refractivity contribution is 9.11. The third kappa shape index (κ3) is 9.85. The second-order valence-electron chi connectivity index (χ2n) is 6.62. The maximum atomic E-state index is 11.3. The predicted molar refractivity (Wildman–Crippen MR) is 119 cm³/mol. The highest BCUT2D eigenvalue weighted by Crippen LogP contribution is 2.27. The van der Waals surface area contributed by atoms with E-state index < -0.39 is 30.4 Å². The summed E-state index contributed by atoms with van der Waals surface area (Å²) in [6, 6.07) is 9.86. The van der Waals surface area contributed by atoms with Gasteiger partial charge in [-0.05, 0) is 24.6 Å². The van der Waals surface area contributed by atoms with Gasteiger partial charge >= 0.3 is 11.9 Å². The molecule has 0 aliphatic carbocycles. The van der Waals surface area contributed by atoms with E-state index in [0.717, 1.165) is 24.8 Å². The van der Waals surface area contributed by atoms with E-state index in [1.54, 1.807) is 6.08 Å². The lowest BCUT2D eigenvalue weighted by Gasteiger charge is -2.32.